The summed E-state index contributed by atoms with van der Waals surface area (Å²) in [6.45, 7) is 7.45. The number of rotatable bonds is 4. The lowest BCUT2D eigenvalue weighted by Crippen LogP contribution is -2.28. The third-order valence-electron chi connectivity index (χ3n) is 3.35. The van der Waals surface area contributed by atoms with Crippen molar-refractivity contribution < 1.29 is 0 Å². The van der Waals surface area contributed by atoms with E-state index in [4.69, 9.17) is 12.2 Å². The van der Waals surface area contributed by atoms with Gasteiger partial charge in [0.05, 0.1) is 11.6 Å². The van der Waals surface area contributed by atoms with E-state index in [0.717, 1.165) is 28.0 Å². The summed E-state index contributed by atoms with van der Waals surface area (Å²) in [4.78, 5) is 10.0. The van der Waals surface area contributed by atoms with Crippen LogP contribution < -0.4 is 0 Å². The summed E-state index contributed by atoms with van der Waals surface area (Å²) in [5.41, 5.74) is 3.12. The van der Waals surface area contributed by atoms with Crippen LogP contribution in [0.3, 0.4) is 0 Å². The Morgan fingerprint density at radius 2 is 2.11 bits per heavy atom. The van der Waals surface area contributed by atoms with Crippen molar-refractivity contribution in [3.05, 3.63) is 22.6 Å². The highest BCUT2D eigenvalue weighted by Crippen LogP contribution is 2.24. The molecule has 0 aliphatic heterocycles. The minimum Gasteiger partial charge on any atom is -0.329 e. The molecule has 0 radical (unpaired) electrons. The summed E-state index contributed by atoms with van der Waals surface area (Å²) in [7, 11) is 4.18. The first-order valence-electron chi connectivity index (χ1n) is 6.61. The minimum atomic E-state index is 0.325. The van der Waals surface area contributed by atoms with E-state index in [1.807, 2.05) is 13.1 Å². The molecule has 1 N–H and O–H groups in total. The first-order valence-corrected chi connectivity index (χ1v) is 7.02. The Bertz CT molecular complexity index is 624. The van der Waals surface area contributed by atoms with Crippen LogP contribution in [0.5, 0.6) is 0 Å². The van der Waals surface area contributed by atoms with Gasteiger partial charge in [-0.1, -0.05) is 13.8 Å². The molecule has 5 heteroatoms. The highest BCUT2D eigenvalue weighted by Gasteiger charge is 2.20. The molecule has 0 aliphatic rings. The molecule has 0 aromatic carbocycles. The fourth-order valence-electron chi connectivity index (χ4n) is 2.39. The van der Waals surface area contributed by atoms with Gasteiger partial charge in [0.1, 0.15) is 0 Å². The van der Waals surface area contributed by atoms with E-state index in [-0.39, 0.29) is 0 Å². The van der Waals surface area contributed by atoms with Gasteiger partial charge in [0.15, 0.2) is 10.4 Å². The predicted molar refractivity (Wildman–Crippen MR) is 82.1 cm³/mol. The number of likely N-dealkylation sites (N-methyl/N-ethyl adjacent to an activating group) is 1. The molecule has 2 rings (SSSR count). The van der Waals surface area contributed by atoms with Gasteiger partial charge >= 0.3 is 0 Å². The van der Waals surface area contributed by atoms with Crippen LogP contribution in [0.2, 0.25) is 0 Å². The van der Waals surface area contributed by atoms with Crippen LogP contribution in [0.1, 0.15) is 25.5 Å². The molecule has 0 fully saturated rings. The quantitative estimate of drug-likeness (QED) is 0.873. The summed E-state index contributed by atoms with van der Waals surface area (Å²) >= 11 is 5.49. The average Bonchev–Trinajstić information content (AvgIpc) is 2.60. The highest BCUT2D eigenvalue weighted by atomic mass is 32.1. The largest absolute Gasteiger partial charge is 0.329 e. The summed E-state index contributed by atoms with van der Waals surface area (Å²) in [5, 5.41) is 0. The SMILES string of the molecule is Cc1cnc2c(c1)[nH]c(=S)n2C(CN(C)C)C(C)C. The second-order valence-electron chi connectivity index (χ2n) is 5.76. The minimum absolute atomic E-state index is 0.325. The Morgan fingerprint density at radius 1 is 1.42 bits per heavy atom. The number of nitrogens with zero attached hydrogens (tertiary/aromatic N) is 3. The average molecular weight is 278 g/mol. The molecule has 2 aromatic heterocycles. The van der Waals surface area contributed by atoms with Crippen LogP contribution in [0.25, 0.3) is 11.2 Å². The van der Waals surface area contributed by atoms with E-state index < -0.39 is 0 Å². The van der Waals surface area contributed by atoms with E-state index >= 15 is 0 Å². The maximum absolute atomic E-state index is 5.49. The first kappa shape index (κ1) is 14.2. The van der Waals surface area contributed by atoms with E-state index in [9.17, 15) is 0 Å². The fraction of sp³-hybridized carbons (Fsp3) is 0.571. The fourth-order valence-corrected chi connectivity index (χ4v) is 2.72. The first-order chi connectivity index (χ1) is 8.90. The number of hydrogen-bond donors (Lipinski definition) is 1. The molecule has 0 spiro atoms. The number of H-pyrrole nitrogens is 1. The Kier molecular flexibility index (Phi) is 4.06. The second kappa shape index (κ2) is 5.43. The van der Waals surface area contributed by atoms with Crippen molar-refractivity contribution in [2.75, 3.05) is 20.6 Å². The summed E-state index contributed by atoms with van der Waals surface area (Å²) in [5.74, 6) is 0.496. The van der Waals surface area contributed by atoms with Crippen LogP contribution in [0.15, 0.2) is 12.3 Å². The molecular formula is C14H22N4S. The number of fused-ring (bicyclic) bond motifs is 1. The van der Waals surface area contributed by atoms with Gasteiger partial charge in [0, 0.05) is 12.7 Å². The van der Waals surface area contributed by atoms with Crippen molar-refractivity contribution in [3.8, 4) is 0 Å². The molecule has 0 aliphatic carbocycles. The number of hydrogen-bond acceptors (Lipinski definition) is 3. The van der Waals surface area contributed by atoms with Crippen molar-refractivity contribution in [3.63, 3.8) is 0 Å². The maximum Gasteiger partial charge on any atom is 0.179 e. The topological polar surface area (TPSA) is 36.9 Å². The standard InChI is InChI=1S/C14H22N4S/c1-9(2)12(8-17(4)5)18-13-11(16-14(18)19)6-10(3)7-15-13/h6-7,9,12H,8H2,1-5H3,(H,16,19). The zero-order chi connectivity index (χ0) is 14.2. The highest BCUT2D eigenvalue weighted by molar-refractivity contribution is 7.71. The summed E-state index contributed by atoms with van der Waals surface area (Å²) in [6.07, 6.45) is 1.90. The lowest BCUT2D eigenvalue weighted by molar-refractivity contribution is 0.271. The van der Waals surface area contributed by atoms with Gasteiger partial charge in [-0.15, -0.1) is 0 Å². The zero-order valence-electron chi connectivity index (χ0n) is 12.3. The predicted octanol–water partition coefficient (Wildman–Crippen LogP) is 3.16. The molecule has 2 heterocycles. The van der Waals surface area contributed by atoms with Gasteiger partial charge in [-0.2, -0.15) is 0 Å². The zero-order valence-corrected chi connectivity index (χ0v) is 13.1. The lowest BCUT2D eigenvalue weighted by Gasteiger charge is -2.26. The van der Waals surface area contributed by atoms with Crippen LogP contribution in [-0.4, -0.2) is 40.1 Å². The molecule has 2 aromatic rings. The van der Waals surface area contributed by atoms with Crippen molar-refractivity contribution in [2.24, 2.45) is 5.92 Å². The van der Waals surface area contributed by atoms with Crippen LogP contribution in [-0.2, 0) is 0 Å². The second-order valence-corrected chi connectivity index (χ2v) is 6.14. The van der Waals surface area contributed by atoms with Crippen molar-refractivity contribution in [2.45, 2.75) is 26.8 Å². The molecule has 0 saturated carbocycles. The van der Waals surface area contributed by atoms with Crippen LogP contribution in [0.4, 0.5) is 0 Å². The van der Waals surface area contributed by atoms with Gasteiger partial charge < -0.3 is 9.88 Å². The van der Waals surface area contributed by atoms with E-state index in [1.54, 1.807) is 0 Å². The Hall–Kier alpha value is -1.20. The summed E-state index contributed by atoms with van der Waals surface area (Å²) < 4.78 is 2.92. The Morgan fingerprint density at radius 3 is 2.68 bits per heavy atom. The van der Waals surface area contributed by atoms with Crippen molar-refractivity contribution in [1.82, 2.24) is 19.4 Å². The van der Waals surface area contributed by atoms with E-state index in [1.165, 1.54) is 0 Å². The van der Waals surface area contributed by atoms with Crippen molar-refractivity contribution >= 4 is 23.4 Å². The lowest BCUT2D eigenvalue weighted by atomic mass is 10.0. The molecule has 0 amide bonds. The van der Waals surface area contributed by atoms with Gasteiger partial charge in [-0.3, -0.25) is 4.57 Å². The number of aryl methyl sites for hydroxylation is 1. The third kappa shape index (κ3) is 2.87. The molecular weight excluding hydrogens is 256 g/mol. The smallest absolute Gasteiger partial charge is 0.179 e. The number of nitrogens with one attached hydrogen (secondary N) is 1. The van der Waals surface area contributed by atoms with Crippen LogP contribution in [0, 0.1) is 17.6 Å². The van der Waals surface area contributed by atoms with E-state index in [2.05, 4.69) is 53.4 Å². The van der Waals surface area contributed by atoms with Gasteiger partial charge in [-0.25, -0.2) is 4.98 Å². The molecule has 104 valence electrons. The van der Waals surface area contributed by atoms with Gasteiger partial charge in [0.2, 0.25) is 0 Å². The number of aromatic amines is 1. The Balaban J connectivity index is 2.59. The third-order valence-corrected chi connectivity index (χ3v) is 3.64. The summed E-state index contributed by atoms with van der Waals surface area (Å²) in [6, 6.07) is 2.42. The Labute approximate surface area is 119 Å². The molecule has 1 atom stereocenters. The molecule has 4 nitrogen and oxygen atoms in total. The number of pyridine rings is 1. The molecule has 0 bridgehead atoms. The van der Waals surface area contributed by atoms with Gasteiger partial charge in [0.25, 0.3) is 0 Å². The normalized spacial score (nSPS) is 13.6. The maximum atomic E-state index is 5.49. The molecule has 1 unspecified atom stereocenters. The van der Waals surface area contributed by atoms with Gasteiger partial charge in [-0.05, 0) is 50.8 Å². The van der Waals surface area contributed by atoms with Crippen molar-refractivity contribution in [1.29, 1.82) is 0 Å². The molecule has 19 heavy (non-hydrogen) atoms. The number of aromatic nitrogens is 3. The number of imidazole rings is 1. The molecule has 0 saturated heterocycles. The van der Waals surface area contributed by atoms with Crippen LogP contribution >= 0.6 is 12.2 Å². The van der Waals surface area contributed by atoms with E-state index in [0.29, 0.717) is 12.0 Å². The monoisotopic (exact) mass is 278 g/mol.